The Hall–Kier alpha value is -1.91. The van der Waals surface area contributed by atoms with Gasteiger partial charge >= 0.3 is 0 Å². The molecule has 0 radical (unpaired) electrons. The quantitative estimate of drug-likeness (QED) is 0.811. The molecule has 1 unspecified atom stereocenters. The van der Waals surface area contributed by atoms with Gasteiger partial charge in [0.25, 0.3) is 0 Å². The largest absolute Gasteiger partial charge is 0.336 e. The van der Waals surface area contributed by atoms with Crippen molar-refractivity contribution in [3.8, 4) is 0 Å². The first-order valence-electron chi connectivity index (χ1n) is 7.14. The van der Waals surface area contributed by atoms with Crippen molar-refractivity contribution in [2.24, 2.45) is 0 Å². The monoisotopic (exact) mass is 273 g/mol. The lowest BCUT2D eigenvalue weighted by Crippen LogP contribution is -2.43. The number of aromatic nitrogens is 1. The van der Waals surface area contributed by atoms with E-state index in [4.69, 9.17) is 0 Å². The number of hydrogen-bond donors (Lipinski definition) is 0. The Morgan fingerprint density at radius 2 is 2.20 bits per heavy atom. The van der Waals surface area contributed by atoms with Crippen molar-refractivity contribution in [3.05, 3.63) is 29.6 Å². The highest BCUT2D eigenvalue weighted by molar-refractivity contribution is 5.90. The van der Waals surface area contributed by atoms with Crippen molar-refractivity contribution in [1.82, 2.24) is 14.8 Å². The van der Waals surface area contributed by atoms with E-state index in [0.29, 0.717) is 19.5 Å². The molecule has 106 valence electrons. The third-order valence-corrected chi connectivity index (χ3v) is 4.26. The SMILES string of the molecule is Cc1cnccc1CN1CCC(=O)N2CCCC2C1=O. The van der Waals surface area contributed by atoms with Crippen LogP contribution in [0.2, 0.25) is 0 Å². The van der Waals surface area contributed by atoms with Gasteiger partial charge in [0.15, 0.2) is 0 Å². The van der Waals surface area contributed by atoms with Crippen LogP contribution in [0, 0.1) is 6.92 Å². The summed E-state index contributed by atoms with van der Waals surface area (Å²) < 4.78 is 0. The molecule has 1 atom stereocenters. The summed E-state index contributed by atoms with van der Waals surface area (Å²) in [4.78, 5) is 32.3. The molecule has 0 N–H and O–H groups in total. The van der Waals surface area contributed by atoms with Crippen LogP contribution in [0.4, 0.5) is 0 Å². The van der Waals surface area contributed by atoms with E-state index < -0.39 is 0 Å². The molecule has 3 rings (SSSR count). The fourth-order valence-electron chi connectivity index (χ4n) is 3.06. The third kappa shape index (κ3) is 2.28. The summed E-state index contributed by atoms with van der Waals surface area (Å²) in [6.07, 6.45) is 5.73. The fraction of sp³-hybridized carbons (Fsp3) is 0.533. The minimum atomic E-state index is -0.229. The Morgan fingerprint density at radius 1 is 1.35 bits per heavy atom. The maximum Gasteiger partial charge on any atom is 0.245 e. The number of amides is 2. The molecule has 2 aliphatic heterocycles. The number of carbonyl (C=O) groups is 2. The van der Waals surface area contributed by atoms with Crippen LogP contribution in [-0.4, -0.2) is 45.7 Å². The van der Waals surface area contributed by atoms with E-state index in [-0.39, 0.29) is 17.9 Å². The van der Waals surface area contributed by atoms with Crippen molar-refractivity contribution in [3.63, 3.8) is 0 Å². The van der Waals surface area contributed by atoms with Crippen LogP contribution < -0.4 is 0 Å². The molecule has 2 saturated heterocycles. The Labute approximate surface area is 118 Å². The van der Waals surface area contributed by atoms with Crippen LogP contribution in [-0.2, 0) is 16.1 Å². The number of nitrogens with zero attached hydrogens (tertiary/aromatic N) is 3. The maximum atomic E-state index is 12.6. The number of hydrogen-bond acceptors (Lipinski definition) is 3. The van der Waals surface area contributed by atoms with Gasteiger partial charge in [-0.25, -0.2) is 0 Å². The number of fused-ring (bicyclic) bond motifs is 1. The first-order chi connectivity index (χ1) is 9.66. The fourth-order valence-corrected chi connectivity index (χ4v) is 3.06. The van der Waals surface area contributed by atoms with Crippen molar-refractivity contribution in [1.29, 1.82) is 0 Å². The molecule has 0 aromatic carbocycles. The van der Waals surface area contributed by atoms with Crippen molar-refractivity contribution in [2.75, 3.05) is 13.1 Å². The van der Waals surface area contributed by atoms with Gasteiger partial charge in [0.2, 0.25) is 11.8 Å². The van der Waals surface area contributed by atoms with Gasteiger partial charge in [0, 0.05) is 38.4 Å². The van der Waals surface area contributed by atoms with Crippen molar-refractivity contribution >= 4 is 11.8 Å². The van der Waals surface area contributed by atoms with Crippen LogP contribution in [0.5, 0.6) is 0 Å². The number of carbonyl (C=O) groups excluding carboxylic acids is 2. The molecule has 0 bridgehead atoms. The molecule has 1 aromatic rings. The van der Waals surface area contributed by atoms with Gasteiger partial charge in [-0.1, -0.05) is 0 Å². The van der Waals surface area contributed by atoms with E-state index in [1.54, 1.807) is 11.1 Å². The second kappa shape index (κ2) is 5.23. The molecule has 3 heterocycles. The second-order valence-electron chi connectivity index (χ2n) is 5.56. The van der Waals surface area contributed by atoms with Crippen LogP contribution in [0.1, 0.15) is 30.4 Å². The predicted octanol–water partition coefficient (Wildman–Crippen LogP) is 1.11. The number of pyridine rings is 1. The molecule has 20 heavy (non-hydrogen) atoms. The van der Waals surface area contributed by atoms with Gasteiger partial charge in [-0.15, -0.1) is 0 Å². The van der Waals surface area contributed by atoms with Gasteiger partial charge in [-0.05, 0) is 37.0 Å². The van der Waals surface area contributed by atoms with Gasteiger partial charge in [-0.2, -0.15) is 0 Å². The molecule has 0 saturated carbocycles. The molecule has 2 amide bonds. The van der Waals surface area contributed by atoms with Gasteiger partial charge < -0.3 is 9.80 Å². The van der Waals surface area contributed by atoms with E-state index >= 15 is 0 Å². The summed E-state index contributed by atoms with van der Waals surface area (Å²) in [6.45, 7) is 3.83. The van der Waals surface area contributed by atoms with Crippen molar-refractivity contribution in [2.45, 2.75) is 38.8 Å². The van der Waals surface area contributed by atoms with Gasteiger partial charge in [0.1, 0.15) is 6.04 Å². The average molecular weight is 273 g/mol. The zero-order chi connectivity index (χ0) is 14.1. The third-order valence-electron chi connectivity index (χ3n) is 4.26. The summed E-state index contributed by atoms with van der Waals surface area (Å²) in [5.74, 6) is 0.222. The molecule has 1 aromatic heterocycles. The molecule has 5 heteroatoms. The van der Waals surface area contributed by atoms with Crippen molar-refractivity contribution < 1.29 is 9.59 Å². The van der Waals surface area contributed by atoms with Crippen LogP contribution in [0.15, 0.2) is 18.5 Å². The van der Waals surface area contributed by atoms with E-state index in [0.717, 1.165) is 30.5 Å². The zero-order valence-electron chi connectivity index (χ0n) is 11.7. The molecule has 2 fully saturated rings. The molecule has 2 aliphatic rings. The number of rotatable bonds is 2. The lowest BCUT2D eigenvalue weighted by atomic mass is 10.1. The lowest BCUT2D eigenvalue weighted by Gasteiger charge is -2.25. The molecular weight excluding hydrogens is 254 g/mol. The first kappa shape index (κ1) is 13.1. The molecule has 0 spiro atoms. The summed E-state index contributed by atoms with van der Waals surface area (Å²) in [7, 11) is 0. The van der Waals surface area contributed by atoms with Crippen LogP contribution >= 0.6 is 0 Å². The smallest absolute Gasteiger partial charge is 0.245 e. The summed E-state index contributed by atoms with van der Waals surface area (Å²) in [5.41, 5.74) is 2.19. The van der Waals surface area contributed by atoms with Crippen LogP contribution in [0.25, 0.3) is 0 Å². The van der Waals surface area contributed by atoms with Gasteiger partial charge in [0.05, 0.1) is 0 Å². The minimum absolute atomic E-state index is 0.101. The summed E-state index contributed by atoms with van der Waals surface area (Å²) >= 11 is 0. The Bertz CT molecular complexity index is 544. The highest BCUT2D eigenvalue weighted by atomic mass is 16.2. The van der Waals surface area contributed by atoms with E-state index in [1.807, 2.05) is 24.1 Å². The summed E-state index contributed by atoms with van der Waals surface area (Å²) in [5, 5.41) is 0. The maximum absolute atomic E-state index is 12.6. The Kier molecular flexibility index (Phi) is 3.42. The lowest BCUT2D eigenvalue weighted by molar-refractivity contribution is -0.139. The molecule has 0 aliphatic carbocycles. The highest BCUT2D eigenvalue weighted by Gasteiger charge is 2.39. The molecule has 5 nitrogen and oxygen atoms in total. The highest BCUT2D eigenvalue weighted by Crippen LogP contribution is 2.24. The Balaban J connectivity index is 1.81. The minimum Gasteiger partial charge on any atom is -0.336 e. The number of aryl methyl sites for hydroxylation is 1. The second-order valence-corrected chi connectivity index (χ2v) is 5.56. The van der Waals surface area contributed by atoms with E-state index in [9.17, 15) is 9.59 Å². The molecular formula is C15H19N3O2. The zero-order valence-corrected chi connectivity index (χ0v) is 11.7. The van der Waals surface area contributed by atoms with Crippen LogP contribution in [0.3, 0.4) is 0 Å². The predicted molar refractivity (Wildman–Crippen MR) is 73.7 cm³/mol. The first-order valence-corrected chi connectivity index (χ1v) is 7.14. The average Bonchev–Trinajstić information content (AvgIpc) is 2.90. The topological polar surface area (TPSA) is 53.5 Å². The standard InChI is InChI=1S/C15H19N3O2/c1-11-9-16-6-4-12(11)10-17-8-5-14(19)18-7-2-3-13(18)15(17)20/h4,6,9,13H,2-3,5,7-8,10H2,1H3. The normalized spacial score (nSPS) is 22.9. The summed E-state index contributed by atoms with van der Waals surface area (Å²) in [6, 6.07) is 1.72. The Morgan fingerprint density at radius 3 is 3.00 bits per heavy atom. The van der Waals surface area contributed by atoms with E-state index in [1.165, 1.54) is 0 Å². The van der Waals surface area contributed by atoms with E-state index in [2.05, 4.69) is 4.98 Å². The van der Waals surface area contributed by atoms with Gasteiger partial charge in [-0.3, -0.25) is 14.6 Å².